The maximum Gasteiger partial charge on any atom is 0.124 e. The van der Waals surface area contributed by atoms with Crippen molar-refractivity contribution in [3.05, 3.63) is 30.1 Å². The first-order chi connectivity index (χ1) is 4.83. The van der Waals surface area contributed by atoms with E-state index in [2.05, 4.69) is 4.72 Å². The van der Waals surface area contributed by atoms with E-state index in [1.54, 1.807) is 13.1 Å². The van der Waals surface area contributed by atoms with Crippen LogP contribution in [0, 0.1) is 5.82 Å². The minimum absolute atomic E-state index is 0.194. The van der Waals surface area contributed by atoms with Crippen molar-refractivity contribution in [3.8, 4) is 0 Å². The molecule has 0 spiro atoms. The fourth-order valence-electron chi connectivity index (χ4n) is 0.648. The molecular formula is C7H8FNS. The van der Waals surface area contributed by atoms with Crippen molar-refractivity contribution in [1.29, 1.82) is 0 Å². The molecule has 0 saturated heterocycles. The lowest BCUT2D eigenvalue weighted by molar-refractivity contribution is 0.624. The zero-order chi connectivity index (χ0) is 7.40. The quantitative estimate of drug-likeness (QED) is 0.659. The van der Waals surface area contributed by atoms with Crippen LogP contribution in [0.25, 0.3) is 0 Å². The smallest absolute Gasteiger partial charge is 0.124 e. The second-order valence-corrected chi connectivity index (χ2v) is 2.85. The Labute approximate surface area is 63.8 Å². The fraction of sp³-hybridized carbons (Fsp3) is 0.143. The van der Waals surface area contributed by atoms with Crippen molar-refractivity contribution in [2.45, 2.75) is 4.90 Å². The molecule has 0 unspecified atom stereocenters. The summed E-state index contributed by atoms with van der Waals surface area (Å²) in [5.41, 5.74) is 0. The molecule has 1 nitrogen and oxygen atoms in total. The number of hydrogen-bond donors (Lipinski definition) is 1. The third-order valence-corrected chi connectivity index (χ3v) is 1.71. The zero-order valence-corrected chi connectivity index (χ0v) is 6.41. The molecule has 0 heterocycles. The predicted molar refractivity (Wildman–Crippen MR) is 41.3 cm³/mol. The van der Waals surface area contributed by atoms with Gasteiger partial charge in [0.1, 0.15) is 5.82 Å². The van der Waals surface area contributed by atoms with Crippen molar-refractivity contribution in [2.75, 3.05) is 7.05 Å². The molecule has 0 aliphatic rings. The first kappa shape index (κ1) is 7.57. The largest absolute Gasteiger partial charge is 0.263 e. The topological polar surface area (TPSA) is 12.0 Å². The molecule has 1 rings (SSSR count). The van der Waals surface area contributed by atoms with Crippen LogP contribution in [0.3, 0.4) is 0 Å². The van der Waals surface area contributed by atoms with E-state index in [0.29, 0.717) is 0 Å². The summed E-state index contributed by atoms with van der Waals surface area (Å²) in [5, 5.41) is 0. The van der Waals surface area contributed by atoms with Gasteiger partial charge in [-0.05, 0) is 37.2 Å². The van der Waals surface area contributed by atoms with Gasteiger partial charge in [-0.3, -0.25) is 4.72 Å². The second kappa shape index (κ2) is 3.58. The molecule has 0 amide bonds. The molecule has 1 aromatic rings. The summed E-state index contributed by atoms with van der Waals surface area (Å²) in [5.74, 6) is -0.194. The van der Waals surface area contributed by atoms with Gasteiger partial charge in [-0.15, -0.1) is 0 Å². The Morgan fingerprint density at radius 2 is 2.30 bits per heavy atom. The van der Waals surface area contributed by atoms with Crippen LogP contribution < -0.4 is 4.72 Å². The number of halogens is 1. The standard InChI is InChI=1S/C7H8FNS/c1-9-10-7-4-2-3-6(8)5-7/h2-5,9H,1H3. The summed E-state index contributed by atoms with van der Waals surface area (Å²) < 4.78 is 15.3. The van der Waals surface area contributed by atoms with E-state index >= 15 is 0 Å². The Kier molecular flexibility index (Phi) is 2.71. The molecule has 1 aromatic carbocycles. The van der Waals surface area contributed by atoms with Gasteiger partial charge in [-0.25, -0.2) is 4.39 Å². The summed E-state index contributed by atoms with van der Waals surface area (Å²) in [6.45, 7) is 0. The van der Waals surface area contributed by atoms with Gasteiger partial charge in [0.05, 0.1) is 0 Å². The number of rotatable bonds is 2. The Hall–Kier alpha value is -0.540. The molecule has 0 fully saturated rings. The second-order valence-electron chi connectivity index (χ2n) is 1.76. The molecule has 0 bridgehead atoms. The molecule has 10 heavy (non-hydrogen) atoms. The Morgan fingerprint density at radius 3 is 2.90 bits per heavy atom. The molecule has 0 aliphatic heterocycles. The van der Waals surface area contributed by atoms with E-state index in [9.17, 15) is 4.39 Å². The lowest BCUT2D eigenvalue weighted by atomic mass is 10.4. The van der Waals surface area contributed by atoms with Gasteiger partial charge in [-0.2, -0.15) is 0 Å². The van der Waals surface area contributed by atoms with Gasteiger partial charge < -0.3 is 0 Å². The highest BCUT2D eigenvalue weighted by Gasteiger charge is 1.92. The summed E-state index contributed by atoms with van der Waals surface area (Å²) in [7, 11) is 1.80. The van der Waals surface area contributed by atoms with Crippen LogP contribution in [0.15, 0.2) is 29.2 Å². The fourth-order valence-corrected chi connectivity index (χ4v) is 1.20. The van der Waals surface area contributed by atoms with Gasteiger partial charge in [0, 0.05) is 4.90 Å². The summed E-state index contributed by atoms with van der Waals surface area (Å²) >= 11 is 1.40. The van der Waals surface area contributed by atoms with Gasteiger partial charge in [-0.1, -0.05) is 6.07 Å². The van der Waals surface area contributed by atoms with Gasteiger partial charge in [0.2, 0.25) is 0 Å². The van der Waals surface area contributed by atoms with E-state index in [4.69, 9.17) is 0 Å². The molecule has 0 aliphatic carbocycles. The monoisotopic (exact) mass is 157 g/mol. The van der Waals surface area contributed by atoms with E-state index in [-0.39, 0.29) is 5.82 Å². The lowest BCUT2D eigenvalue weighted by Crippen LogP contribution is -1.90. The highest BCUT2D eigenvalue weighted by atomic mass is 32.2. The van der Waals surface area contributed by atoms with E-state index in [1.807, 2.05) is 6.07 Å². The van der Waals surface area contributed by atoms with Gasteiger partial charge in [0.25, 0.3) is 0 Å². The summed E-state index contributed by atoms with van der Waals surface area (Å²) in [6, 6.07) is 6.46. The Balaban J connectivity index is 2.75. The molecule has 1 N–H and O–H groups in total. The molecule has 3 heteroatoms. The third-order valence-electron chi connectivity index (χ3n) is 1.02. The van der Waals surface area contributed by atoms with Crippen molar-refractivity contribution in [3.63, 3.8) is 0 Å². The molecule has 0 radical (unpaired) electrons. The number of benzene rings is 1. The van der Waals surface area contributed by atoms with Crippen LogP contribution in [0.4, 0.5) is 4.39 Å². The molecule has 0 aromatic heterocycles. The SMILES string of the molecule is CNSc1cccc(F)c1. The van der Waals surface area contributed by atoms with E-state index in [1.165, 1.54) is 24.1 Å². The summed E-state index contributed by atoms with van der Waals surface area (Å²) in [6.07, 6.45) is 0. The van der Waals surface area contributed by atoms with Crippen LogP contribution >= 0.6 is 11.9 Å². The van der Waals surface area contributed by atoms with Crippen molar-refractivity contribution in [2.24, 2.45) is 0 Å². The lowest BCUT2D eigenvalue weighted by Gasteiger charge is -1.96. The normalized spacial score (nSPS) is 9.80. The molecule has 54 valence electrons. The van der Waals surface area contributed by atoms with Crippen LogP contribution in [0.2, 0.25) is 0 Å². The molecular weight excluding hydrogens is 149 g/mol. The minimum atomic E-state index is -0.194. The highest BCUT2D eigenvalue weighted by molar-refractivity contribution is 7.97. The maximum absolute atomic E-state index is 12.4. The van der Waals surface area contributed by atoms with E-state index in [0.717, 1.165) is 4.90 Å². The molecule has 0 saturated carbocycles. The van der Waals surface area contributed by atoms with Crippen LogP contribution in [-0.4, -0.2) is 7.05 Å². The first-order valence-electron chi connectivity index (χ1n) is 2.92. The molecule has 0 atom stereocenters. The van der Waals surface area contributed by atoms with Gasteiger partial charge >= 0.3 is 0 Å². The number of hydrogen-bond acceptors (Lipinski definition) is 2. The average molecular weight is 157 g/mol. The highest BCUT2D eigenvalue weighted by Crippen LogP contribution is 2.13. The zero-order valence-electron chi connectivity index (χ0n) is 5.60. The van der Waals surface area contributed by atoms with E-state index < -0.39 is 0 Å². The minimum Gasteiger partial charge on any atom is -0.263 e. The van der Waals surface area contributed by atoms with Crippen molar-refractivity contribution in [1.82, 2.24) is 4.72 Å². The predicted octanol–water partition coefficient (Wildman–Crippen LogP) is 2.05. The Bertz CT molecular complexity index is 215. The Morgan fingerprint density at radius 1 is 1.50 bits per heavy atom. The van der Waals surface area contributed by atoms with Crippen LogP contribution in [-0.2, 0) is 0 Å². The van der Waals surface area contributed by atoms with Gasteiger partial charge in [0.15, 0.2) is 0 Å². The van der Waals surface area contributed by atoms with Crippen LogP contribution in [0.5, 0.6) is 0 Å². The third kappa shape index (κ3) is 2.01. The number of nitrogens with one attached hydrogen (secondary N) is 1. The summed E-state index contributed by atoms with van der Waals surface area (Å²) in [4.78, 5) is 0.891. The van der Waals surface area contributed by atoms with Crippen molar-refractivity contribution >= 4 is 11.9 Å². The van der Waals surface area contributed by atoms with Crippen LogP contribution in [0.1, 0.15) is 0 Å². The maximum atomic E-state index is 12.4. The average Bonchev–Trinajstić information content (AvgIpc) is 1.88. The first-order valence-corrected chi connectivity index (χ1v) is 3.74. The van der Waals surface area contributed by atoms with Crippen molar-refractivity contribution < 1.29 is 4.39 Å².